The first-order chi connectivity index (χ1) is 14.4. The molecule has 1 N–H and O–H groups in total. The van der Waals surface area contributed by atoms with Gasteiger partial charge >= 0.3 is 5.97 Å². The standard InChI is InChI=1S/C23H28F3NO3S/c1-7-30-20(28)12-19(27-31(29)23(4,5)6)18-11-17(14(3)21(25)22(18)26)16-9-8-15(24)10-13(16)2/h8-11,19,27H,7,12H2,1-6H3. The molecule has 2 aromatic carbocycles. The summed E-state index contributed by atoms with van der Waals surface area (Å²) in [7, 11) is 0. The maximum atomic E-state index is 15.0. The average molecular weight is 456 g/mol. The molecule has 0 spiro atoms. The maximum Gasteiger partial charge on any atom is 0.307 e. The molecular formula is C23H28F3NO3S. The molecule has 0 heterocycles. The first-order valence-corrected chi connectivity index (χ1v) is 11.1. The second kappa shape index (κ2) is 10.1. The molecule has 0 bridgehead atoms. The maximum absolute atomic E-state index is 15.0. The Morgan fingerprint density at radius 3 is 2.32 bits per heavy atom. The number of ether oxygens (including phenoxy) is 1. The lowest BCUT2D eigenvalue weighted by molar-refractivity contribution is -0.143. The topological polar surface area (TPSA) is 61.4 Å². The molecule has 0 saturated heterocycles. The van der Waals surface area contributed by atoms with Crippen LogP contribution >= 0.6 is 0 Å². The van der Waals surface area contributed by atoms with Crippen LogP contribution in [0.5, 0.6) is 0 Å². The van der Waals surface area contributed by atoms with Gasteiger partial charge < -0.3 is 9.29 Å². The van der Waals surface area contributed by atoms with E-state index in [-0.39, 0.29) is 24.2 Å². The van der Waals surface area contributed by atoms with Gasteiger partial charge in [0.25, 0.3) is 0 Å². The van der Waals surface area contributed by atoms with E-state index in [4.69, 9.17) is 4.74 Å². The molecule has 31 heavy (non-hydrogen) atoms. The number of rotatable bonds is 7. The van der Waals surface area contributed by atoms with E-state index >= 15 is 4.39 Å². The van der Waals surface area contributed by atoms with Crippen LogP contribution in [0.1, 0.15) is 56.8 Å². The number of halogens is 3. The number of hydrogen-bond donors (Lipinski definition) is 1. The van der Waals surface area contributed by atoms with Gasteiger partial charge in [-0.2, -0.15) is 0 Å². The highest BCUT2D eigenvalue weighted by Crippen LogP contribution is 2.35. The second-order valence-corrected chi connectivity index (χ2v) is 10.3. The molecule has 170 valence electrons. The Hall–Kier alpha value is -2.03. The molecule has 0 radical (unpaired) electrons. The van der Waals surface area contributed by atoms with Crippen LogP contribution in [0.15, 0.2) is 24.3 Å². The zero-order valence-electron chi connectivity index (χ0n) is 18.6. The number of hydrogen-bond acceptors (Lipinski definition) is 4. The van der Waals surface area contributed by atoms with Crippen LogP contribution in [-0.2, 0) is 20.9 Å². The van der Waals surface area contributed by atoms with Crippen molar-refractivity contribution in [3.63, 3.8) is 0 Å². The summed E-state index contributed by atoms with van der Waals surface area (Å²) in [4.78, 5) is 12.1. The van der Waals surface area contributed by atoms with E-state index < -0.39 is 45.6 Å². The Bertz CT molecular complexity index is 960. The number of aryl methyl sites for hydroxylation is 1. The summed E-state index contributed by atoms with van der Waals surface area (Å²) in [5, 5.41) is 0. The van der Waals surface area contributed by atoms with Gasteiger partial charge in [-0.25, -0.2) is 13.2 Å². The summed E-state index contributed by atoms with van der Waals surface area (Å²) < 4.78 is 63.2. The van der Waals surface area contributed by atoms with Crippen molar-refractivity contribution in [2.45, 2.75) is 58.8 Å². The fourth-order valence-electron chi connectivity index (χ4n) is 3.11. The SMILES string of the molecule is CCOC(=O)CC(N[S+]([O-])C(C)(C)C)c1cc(-c2ccc(F)cc2C)c(C)c(F)c1F. The molecule has 0 aliphatic carbocycles. The van der Waals surface area contributed by atoms with Crippen molar-refractivity contribution < 1.29 is 27.3 Å². The number of benzene rings is 2. The van der Waals surface area contributed by atoms with Gasteiger partial charge in [-0.3, -0.25) is 4.79 Å². The van der Waals surface area contributed by atoms with Gasteiger partial charge in [-0.1, -0.05) is 6.07 Å². The summed E-state index contributed by atoms with van der Waals surface area (Å²) in [6.45, 7) is 10.0. The lowest BCUT2D eigenvalue weighted by Crippen LogP contribution is -2.42. The minimum absolute atomic E-state index is 0.0581. The van der Waals surface area contributed by atoms with Crippen molar-refractivity contribution >= 4 is 17.3 Å². The van der Waals surface area contributed by atoms with E-state index in [0.717, 1.165) is 0 Å². The lowest BCUT2D eigenvalue weighted by atomic mass is 9.91. The van der Waals surface area contributed by atoms with Crippen LogP contribution in [0.3, 0.4) is 0 Å². The van der Waals surface area contributed by atoms with Crippen molar-refractivity contribution in [3.8, 4) is 11.1 Å². The van der Waals surface area contributed by atoms with Crippen molar-refractivity contribution in [1.82, 2.24) is 4.72 Å². The molecule has 0 aromatic heterocycles. The van der Waals surface area contributed by atoms with Crippen LogP contribution in [0, 0.1) is 31.3 Å². The van der Waals surface area contributed by atoms with E-state index in [0.29, 0.717) is 16.7 Å². The Labute approximate surface area is 184 Å². The van der Waals surface area contributed by atoms with Crippen LogP contribution in [0.25, 0.3) is 11.1 Å². The Kier molecular flexibility index (Phi) is 8.19. The summed E-state index contributed by atoms with van der Waals surface area (Å²) in [6, 6.07) is 4.37. The van der Waals surface area contributed by atoms with Gasteiger partial charge in [-0.15, -0.1) is 4.72 Å². The molecule has 2 atom stereocenters. The third-order valence-electron chi connectivity index (χ3n) is 4.81. The lowest BCUT2D eigenvalue weighted by Gasteiger charge is -2.28. The second-order valence-electron chi connectivity index (χ2n) is 8.29. The van der Waals surface area contributed by atoms with Crippen molar-refractivity contribution in [2.24, 2.45) is 0 Å². The molecule has 2 aromatic rings. The van der Waals surface area contributed by atoms with Gasteiger partial charge in [0.05, 0.1) is 19.1 Å². The summed E-state index contributed by atoms with van der Waals surface area (Å²) >= 11 is -1.66. The van der Waals surface area contributed by atoms with Crippen molar-refractivity contribution in [1.29, 1.82) is 0 Å². The molecule has 0 aliphatic heterocycles. The third-order valence-corrected chi connectivity index (χ3v) is 6.43. The number of carbonyl (C=O) groups excluding carboxylic acids is 1. The summed E-state index contributed by atoms with van der Waals surface area (Å²) in [5.74, 6) is -3.28. The number of carbonyl (C=O) groups is 1. The first-order valence-electron chi connectivity index (χ1n) is 9.95. The number of esters is 1. The predicted molar refractivity (Wildman–Crippen MR) is 116 cm³/mol. The van der Waals surface area contributed by atoms with Crippen molar-refractivity contribution in [3.05, 3.63) is 58.4 Å². The summed E-state index contributed by atoms with van der Waals surface area (Å²) in [6.07, 6.45) is -0.336. The van der Waals surface area contributed by atoms with Gasteiger partial charge in [0.1, 0.15) is 10.6 Å². The highest BCUT2D eigenvalue weighted by molar-refractivity contribution is 7.90. The quantitative estimate of drug-likeness (QED) is 0.447. The smallest absolute Gasteiger partial charge is 0.307 e. The molecule has 4 nitrogen and oxygen atoms in total. The highest BCUT2D eigenvalue weighted by atomic mass is 32.2. The van der Waals surface area contributed by atoms with Crippen molar-refractivity contribution in [2.75, 3.05) is 6.61 Å². The Morgan fingerprint density at radius 2 is 1.77 bits per heavy atom. The largest absolute Gasteiger partial charge is 0.598 e. The average Bonchev–Trinajstić information content (AvgIpc) is 2.66. The summed E-state index contributed by atoms with van der Waals surface area (Å²) in [5.41, 5.74) is 1.36. The fourth-order valence-corrected chi connectivity index (χ4v) is 3.93. The van der Waals surface area contributed by atoms with E-state index in [2.05, 4.69) is 4.72 Å². The molecular weight excluding hydrogens is 427 g/mol. The molecule has 2 unspecified atom stereocenters. The molecule has 2 rings (SSSR count). The third kappa shape index (κ3) is 6.02. The normalized spacial score (nSPS) is 13.7. The van der Waals surface area contributed by atoms with E-state index in [1.807, 2.05) is 0 Å². The van der Waals surface area contributed by atoms with Gasteiger partial charge in [0, 0.05) is 16.9 Å². The monoisotopic (exact) mass is 455 g/mol. The van der Waals surface area contributed by atoms with E-state index in [9.17, 15) is 18.1 Å². The zero-order chi connectivity index (χ0) is 23.5. The highest BCUT2D eigenvalue weighted by Gasteiger charge is 2.33. The molecule has 0 saturated carbocycles. The van der Waals surface area contributed by atoms with Crippen LogP contribution in [0.4, 0.5) is 13.2 Å². The molecule has 0 amide bonds. The van der Waals surface area contributed by atoms with E-state index in [1.54, 1.807) is 34.6 Å². The molecule has 0 aliphatic rings. The van der Waals surface area contributed by atoms with Crippen LogP contribution in [0.2, 0.25) is 0 Å². The predicted octanol–water partition coefficient (Wildman–Crippen LogP) is 5.43. The van der Waals surface area contributed by atoms with Gasteiger partial charge in [-0.05, 0) is 82.0 Å². The zero-order valence-corrected chi connectivity index (χ0v) is 19.4. The van der Waals surface area contributed by atoms with Crippen LogP contribution in [-0.4, -0.2) is 21.9 Å². The molecule has 8 heteroatoms. The minimum atomic E-state index is -1.66. The fraction of sp³-hybridized carbons (Fsp3) is 0.435. The number of nitrogens with one attached hydrogen (secondary N) is 1. The Morgan fingerprint density at radius 1 is 1.13 bits per heavy atom. The molecule has 0 fully saturated rings. The minimum Gasteiger partial charge on any atom is -0.598 e. The Balaban J connectivity index is 2.63. The first kappa shape index (κ1) is 25.2. The van der Waals surface area contributed by atoms with Crippen LogP contribution < -0.4 is 4.72 Å². The van der Waals surface area contributed by atoms with Gasteiger partial charge in [0.15, 0.2) is 11.6 Å². The van der Waals surface area contributed by atoms with Gasteiger partial charge in [0.2, 0.25) is 0 Å². The van der Waals surface area contributed by atoms with E-state index in [1.165, 1.54) is 31.2 Å².